The smallest absolute Gasteiger partial charge is 0.336 e. The van der Waals surface area contributed by atoms with E-state index < -0.39 is 34.0 Å². The van der Waals surface area contributed by atoms with Crippen LogP contribution < -0.4 is 0 Å². The third-order valence-corrected chi connectivity index (χ3v) is 6.18. The average Bonchev–Trinajstić information content (AvgIpc) is 2.91. The molecule has 3 aromatic carbocycles. The molecule has 0 aromatic heterocycles. The van der Waals surface area contributed by atoms with Crippen molar-refractivity contribution in [2.45, 2.75) is 38.1 Å². The SMILES string of the molecule is C#C[C@@H](OCc1ccccc1)[C@@H](OCc1ccccc1)[C@@H](COCc1ccccc1)OS(=O)C(=O)Cl. The van der Waals surface area contributed by atoms with E-state index >= 15 is 0 Å². The Labute approximate surface area is 219 Å². The fourth-order valence-corrected chi connectivity index (χ4v) is 3.92. The van der Waals surface area contributed by atoms with Crippen LogP contribution in [0.1, 0.15) is 16.7 Å². The molecule has 0 radical (unpaired) electrons. The maximum absolute atomic E-state index is 12.3. The van der Waals surface area contributed by atoms with Gasteiger partial charge in [-0.3, -0.25) is 8.98 Å². The Morgan fingerprint density at radius 2 is 1.28 bits per heavy atom. The van der Waals surface area contributed by atoms with Gasteiger partial charge < -0.3 is 14.2 Å². The molecule has 3 aromatic rings. The van der Waals surface area contributed by atoms with Gasteiger partial charge in [-0.1, -0.05) is 96.9 Å². The Morgan fingerprint density at radius 3 is 1.75 bits per heavy atom. The highest BCUT2D eigenvalue weighted by Crippen LogP contribution is 2.19. The Kier molecular flexibility index (Phi) is 11.8. The monoisotopic (exact) mass is 526 g/mol. The van der Waals surface area contributed by atoms with Crippen LogP contribution in [0.25, 0.3) is 0 Å². The van der Waals surface area contributed by atoms with Crippen LogP contribution in [0.2, 0.25) is 0 Å². The van der Waals surface area contributed by atoms with Crippen LogP contribution in [0.5, 0.6) is 0 Å². The van der Waals surface area contributed by atoms with Gasteiger partial charge in [0, 0.05) is 0 Å². The minimum absolute atomic E-state index is 0.0723. The molecule has 6 nitrogen and oxygen atoms in total. The summed E-state index contributed by atoms with van der Waals surface area (Å²) < 4.78 is 34.6. The topological polar surface area (TPSA) is 71.1 Å². The summed E-state index contributed by atoms with van der Waals surface area (Å²) in [5.74, 6) is 2.60. The summed E-state index contributed by atoms with van der Waals surface area (Å²) in [6, 6.07) is 28.5. The first kappa shape index (κ1) is 27.8. The molecule has 0 saturated heterocycles. The number of carbonyl (C=O) groups excluding carboxylic acids is 1. The summed E-state index contributed by atoms with van der Waals surface area (Å²) in [7, 11) is 0. The fraction of sp³-hybridized carbons (Fsp3) is 0.250. The molecule has 3 rings (SSSR count). The van der Waals surface area contributed by atoms with Crippen LogP contribution >= 0.6 is 11.6 Å². The quantitative estimate of drug-likeness (QED) is 0.206. The van der Waals surface area contributed by atoms with Gasteiger partial charge in [0.15, 0.2) is 0 Å². The Morgan fingerprint density at radius 1 is 0.806 bits per heavy atom. The van der Waals surface area contributed by atoms with Crippen molar-refractivity contribution in [1.29, 1.82) is 0 Å². The number of terminal acetylenes is 1. The van der Waals surface area contributed by atoms with Crippen molar-refractivity contribution >= 4 is 27.3 Å². The van der Waals surface area contributed by atoms with E-state index in [1.54, 1.807) is 0 Å². The van der Waals surface area contributed by atoms with Crippen molar-refractivity contribution in [3.63, 3.8) is 0 Å². The molecule has 8 heteroatoms. The lowest BCUT2D eigenvalue weighted by Crippen LogP contribution is -2.45. The number of halogens is 1. The molecule has 0 amide bonds. The zero-order valence-electron chi connectivity index (χ0n) is 19.5. The van der Waals surface area contributed by atoms with E-state index in [9.17, 15) is 9.00 Å². The van der Waals surface area contributed by atoms with Gasteiger partial charge in [0.1, 0.15) is 18.3 Å². The fourth-order valence-electron chi connectivity index (χ4n) is 3.35. The van der Waals surface area contributed by atoms with Crippen LogP contribution in [0.3, 0.4) is 0 Å². The molecule has 0 aliphatic carbocycles. The lowest BCUT2D eigenvalue weighted by Gasteiger charge is -2.30. The minimum atomic E-state index is -2.43. The van der Waals surface area contributed by atoms with E-state index in [0.717, 1.165) is 16.7 Å². The van der Waals surface area contributed by atoms with Crippen LogP contribution in [0, 0.1) is 12.3 Å². The maximum Gasteiger partial charge on any atom is 0.336 e. The zero-order chi connectivity index (χ0) is 25.6. The Balaban J connectivity index is 1.79. The normalized spacial score (nSPS) is 14.3. The van der Waals surface area contributed by atoms with Crippen molar-refractivity contribution in [3.8, 4) is 12.3 Å². The molecule has 0 bridgehead atoms. The van der Waals surface area contributed by atoms with Gasteiger partial charge in [0.25, 0.3) is 0 Å². The molecule has 0 heterocycles. The molecule has 36 heavy (non-hydrogen) atoms. The van der Waals surface area contributed by atoms with E-state index in [0.29, 0.717) is 0 Å². The van der Waals surface area contributed by atoms with Crippen LogP contribution in [-0.4, -0.2) is 33.7 Å². The number of carbonyl (C=O) groups is 1. The second-order valence-corrected chi connectivity index (χ2v) is 9.35. The molecular weight excluding hydrogens is 500 g/mol. The highest BCUT2D eigenvalue weighted by atomic mass is 35.5. The molecule has 0 aliphatic rings. The molecule has 0 fully saturated rings. The van der Waals surface area contributed by atoms with E-state index in [1.807, 2.05) is 91.0 Å². The van der Waals surface area contributed by atoms with E-state index in [2.05, 4.69) is 5.92 Å². The zero-order valence-corrected chi connectivity index (χ0v) is 21.1. The molecule has 0 spiro atoms. The first-order valence-electron chi connectivity index (χ1n) is 11.2. The lowest BCUT2D eigenvalue weighted by molar-refractivity contribution is -0.120. The summed E-state index contributed by atoms with van der Waals surface area (Å²) in [5, 5.41) is 0. The van der Waals surface area contributed by atoms with Gasteiger partial charge in [0.2, 0.25) is 11.1 Å². The van der Waals surface area contributed by atoms with Crippen LogP contribution in [0.15, 0.2) is 91.0 Å². The van der Waals surface area contributed by atoms with Crippen molar-refractivity contribution in [2.75, 3.05) is 6.61 Å². The molecule has 0 aliphatic heterocycles. The first-order chi connectivity index (χ1) is 17.6. The van der Waals surface area contributed by atoms with E-state index in [-0.39, 0.29) is 26.4 Å². The minimum Gasteiger partial charge on any atom is -0.374 e. The molecule has 0 N–H and O–H groups in total. The Bertz CT molecular complexity index is 1120. The second-order valence-electron chi connectivity index (χ2n) is 7.75. The molecule has 188 valence electrons. The predicted molar refractivity (Wildman–Crippen MR) is 139 cm³/mol. The lowest BCUT2D eigenvalue weighted by atomic mass is 10.1. The summed E-state index contributed by atoms with van der Waals surface area (Å²) in [6.45, 7) is 0.588. The maximum atomic E-state index is 12.3. The number of hydrogen-bond donors (Lipinski definition) is 0. The third-order valence-electron chi connectivity index (χ3n) is 5.12. The van der Waals surface area contributed by atoms with Crippen molar-refractivity contribution in [2.24, 2.45) is 0 Å². The second kappa shape index (κ2) is 15.3. The van der Waals surface area contributed by atoms with Crippen LogP contribution in [-0.2, 0) is 49.3 Å². The van der Waals surface area contributed by atoms with Gasteiger partial charge in [0.05, 0.1) is 26.4 Å². The first-order valence-corrected chi connectivity index (χ1v) is 12.7. The summed E-state index contributed by atoms with van der Waals surface area (Å²) >= 11 is 2.98. The molecule has 0 saturated carbocycles. The van der Waals surface area contributed by atoms with Crippen molar-refractivity contribution < 1.29 is 27.4 Å². The average molecular weight is 527 g/mol. The third kappa shape index (κ3) is 9.32. The molecule has 1 unspecified atom stereocenters. The van der Waals surface area contributed by atoms with E-state index in [1.165, 1.54) is 0 Å². The van der Waals surface area contributed by atoms with Gasteiger partial charge in [-0.15, -0.1) is 6.42 Å². The standard InChI is InChI=1S/C28H27ClO6S/c1-2-25(33-19-23-14-8-4-9-15-23)27(34-20-24-16-10-5-11-17-24)26(35-36(31)28(29)30)21-32-18-22-12-6-3-7-13-22/h1,3-17,25-27H,18-21H2/t25-,26-,27-,36?/m1/s1. The summed E-state index contributed by atoms with van der Waals surface area (Å²) in [4.78, 5) is 11.5. The highest BCUT2D eigenvalue weighted by molar-refractivity contribution is 7.99. The summed E-state index contributed by atoms with van der Waals surface area (Å²) in [6.07, 6.45) is 3.00. The Hall–Kier alpha value is -2.83. The summed E-state index contributed by atoms with van der Waals surface area (Å²) in [5.41, 5.74) is 2.73. The number of rotatable bonds is 14. The largest absolute Gasteiger partial charge is 0.374 e. The molecular formula is C28H27ClO6S. The highest BCUT2D eigenvalue weighted by Gasteiger charge is 2.34. The van der Waals surface area contributed by atoms with Crippen molar-refractivity contribution in [3.05, 3.63) is 108 Å². The van der Waals surface area contributed by atoms with Gasteiger partial charge in [-0.2, -0.15) is 0 Å². The van der Waals surface area contributed by atoms with E-state index in [4.69, 9.17) is 36.4 Å². The predicted octanol–water partition coefficient (Wildman–Crippen LogP) is 5.41. The van der Waals surface area contributed by atoms with Crippen molar-refractivity contribution in [1.82, 2.24) is 0 Å². The molecule has 4 atom stereocenters. The number of hydrogen-bond acceptors (Lipinski definition) is 6. The number of benzene rings is 3. The van der Waals surface area contributed by atoms with Gasteiger partial charge in [-0.05, 0) is 28.3 Å². The van der Waals surface area contributed by atoms with Crippen LogP contribution in [0.4, 0.5) is 4.79 Å². The van der Waals surface area contributed by atoms with Gasteiger partial charge >= 0.3 is 4.57 Å². The number of ether oxygens (including phenoxy) is 3. The van der Waals surface area contributed by atoms with Gasteiger partial charge in [-0.25, -0.2) is 4.21 Å².